The number of carboxylic acids is 1. The summed E-state index contributed by atoms with van der Waals surface area (Å²) in [6.07, 6.45) is 7.42. The number of allylic oxidation sites excluding steroid dienone is 2. The predicted molar refractivity (Wildman–Crippen MR) is 52.0 cm³/mol. The average molecular weight is 183 g/mol. The van der Waals surface area contributed by atoms with Crippen LogP contribution in [-0.2, 0) is 4.79 Å². The van der Waals surface area contributed by atoms with Crippen molar-refractivity contribution in [3.63, 3.8) is 0 Å². The summed E-state index contributed by atoms with van der Waals surface area (Å²) < 4.78 is 0. The van der Waals surface area contributed by atoms with Gasteiger partial charge in [-0.05, 0) is 12.3 Å². The van der Waals surface area contributed by atoms with Gasteiger partial charge < -0.3 is 9.90 Å². The van der Waals surface area contributed by atoms with Gasteiger partial charge in [0, 0.05) is 11.9 Å². The lowest BCUT2D eigenvalue weighted by molar-refractivity contribution is -0.312. The van der Waals surface area contributed by atoms with E-state index >= 15 is 0 Å². The first-order valence-electron chi connectivity index (χ1n) is 4.97. The molecule has 0 heterocycles. The molecule has 2 nitrogen and oxygen atoms in total. The van der Waals surface area contributed by atoms with Gasteiger partial charge in [0.2, 0.25) is 0 Å². The van der Waals surface area contributed by atoms with Crippen molar-refractivity contribution in [3.05, 3.63) is 12.2 Å². The van der Waals surface area contributed by atoms with E-state index in [9.17, 15) is 9.90 Å². The van der Waals surface area contributed by atoms with E-state index in [-0.39, 0.29) is 5.92 Å². The zero-order valence-corrected chi connectivity index (χ0v) is 8.75. The van der Waals surface area contributed by atoms with Gasteiger partial charge in [0.1, 0.15) is 0 Å². The molecule has 0 amide bonds. The van der Waals surface area contributed by atoms with Crippen LogP contribution in [0.15, 0.2) is 12.2 Å². The van der Waals surface area contributed by atoms with Crippen molar-refractivity contribution in [2.24, 2.45) is 11.8 Å². The summed E-state index contributed by atoms with van der Waals surface area (Å²) in [5, 5.41) is 10.5. The molecule has 0 spiro atoms. The van der Waals surface area contributed by atoms with Gasteiger partial charge in [-0.2, -0.15) is 0 Å². The fraction of sp³-hybridized carbons (Fsp3) is 0.727. The van der Waals surface area contributed by atoms with Crippen molar-refractivity contribution in [1.29, 1.82) is 0 Å². The predicted octanol–water partition coefficient (Wildman–Crippen LogP) is 1.75. The SMILES string of the molecule is CCCC/C=C\C(C)C(C)C(=O)[O-]. The van der Waals surface area contributed by atoms with Crippen LogP contribution in [0, 0.1) is 11.8 Å². The van der Waals surface area contributed by atoms with Crippen LogP contribution in [-0.4, -0.2) is 5.97 Å². The van der Waals surface area contributed by atoms with Crippen molar-refractivity contribution in [3.8, 4) is 0 Å². The highest BCUT2D eigenvalue weighted by Gasteiger charge is 2.08. The van der Waals surface area contributed by atoms with E-state index in [0.29, 0.717) is 0 Å². The summed E-state index contributed by atoms with van der Waals surface area (Å²) in [7, 11) is 0. The summed E-state index contributed by atoms with van der Waals surface area (Å²) >= 11 is 0. The Bertz CT molecular complexity index is 173. The van der Waals surface area contributed by atoms with Crippen LogP contribution in [0.1, 0.15) is 40.0 Å². The van der Waals surface area contributed by atoms with E-state index in [2.05, 4.69) is 13.0 Å². The van der Waals surface area contributed by atoms with Gasteiger partial charge in [0.25, 0.3) is 0 Å². The van der Waals surface area contributed by atoms with Crippen LogP contribution in [0.5, 0.6) is 0 Å². The Hall–Kier alpha value is -0.790. The maximum absolute atomic E-state index is 10.5. The molecule has 0 radical (unpaired) electrons. The topological polar surface area (TPSA) is 40.1 Å². The van der Waals surface area contributed by atoms with Crippen LogP contribution in [0.25, 0.3) is 0 Å². The zero-order chi connectivity index (χ0) is 10.3. The molecule has 0 saturated heterocycles. The minimum absolute atomic E-state index is 0.0712. The number of rotatable bonds is 6. The van der Waals surface area contributed by atoms with Crippen LogP contribution in [0.2, 0.25) is 0 Å². The summed E-state index contributed by atoms with van der Waals surface area (Å²) in [5.74, 6) is -1.28. The van der Waals surface area contributed by atoms with Crippen LogP contribution in [0.4, 0.5) is 0 Å². The van der Waals surface area contributed by atoms with E-state index in [0.717, 1.165) is 6.42 Å². The lowest BCUT2D eigenvalue weighted by Crippen LogP contribution is -2.32. The monoisotopic (exact) mass is 183 g/mol. The van der Waals surface area contributed by atoms with Gasteiger partial charge in [0.05, 0.1) is 0 Å². The first-order valence-corrected chi connectivity index (χ1v) is 4.97. The summed E-state index contributed by atoms with van der Waals surface area (Å²) in [5.41, 5.74) is 0. The Morgan fingerprint density at radius 1 is 1.46 bits per heavy atom. The van der Waals surface area contributed by atoms with Gasteiger partial charge in [-0.1, -0.05) is 45.8 Å². The molecule has 0 rings (SSSR count). The fourth-order valence-corrected chi connectivity index (χ4v) is 1.01. The lowest BCUT2D eigenvalue weighted by atomic mass is 9.95. The van der Waals surface area contributed by atoms with Gasteiger partial charge >= 0.3 is 0 Å². The smallest absolute Gasteiger partial charge is 0.0448 e. The molecule has 2 unspecified atom stereocenters. The Balaban J connectivity index is 3.77. The molecule has 0 aliphatic heterocycles. The van der Waals surface area contributed by atoms with Crippen LogP contribution in [0.3, 0.4) is 0 Å². The lowest BCUT2D eigenvalue weighted by Gasteiger charge is -2.17. The highest BCUT2D eigenvalue weighted by molar-refractivity contribution is 5.67. The van der Waals surface area contributed by atoms with Gasteiger partial charge in [-0.15, -0.1) is 0 Å². The third-order valence-electron chi connectivity index (χ3n) is 2.32. The van der Waals surface area contributed by atoms with E-state index in [1.165, 1.54) is 12.8 Å². The fourth-order valence-electron chi connectivity index (χ4n) is 1.01. The number of hydrogen-bond donors (Lipinski definition) is 0. The highest BCUT2D eigenvalue weighted by Crippen LogP contribution is 2.12. The van der Waals surface area contributed by atoms with E-state index in [1.54, 1.807) is 6.92 Å². The summed E-state index contributed by atoms with van der Waals surface area (Å²) in [4.78, 5) is 10.5. The van der Waals surface area contributed by atoms with E-state index < -0.39 is 11.9 Å². The van der Waals surface area contributed by atoms with Crippen molar-refractivity contribution in [2.45, 2.75) is 40.0 Å². The zero-order valence-electron chi connectivity index (χ0n) is 8.75. The summed E-state index contributed by atoms with van der Waals surface area (Å²) in [6.45, 7) is 5.73. The minimum atomic E-state index is -0.965. The first kappa shape index (κ1) is 12.2. The van der Waals surface area contributed by atoms with Crippen molar-refractivity contribution in [1.82, 2.24) is 0 Å². The second kappa shape index (κ2) is 6.70. The quantitative estimate of drug-likeness (QED) is 0.465. The largest absolute Gasteiger partial charge is 0.550 e. The molecule has 76 valence electrons. The van der Waals surface area contributed by atoms with E-state index in [1.807, 2.05) is 13.0 Å². The third-order valence-corrected chi connectivity index (χ3v) is 2.32. The molecule has 13 heavy (non-hydrogen) atoms. The molecular weight excluding hydrogens is 164 g/mol. The maximum atomic E-state index is 10.5. The number of aliphatic carboxylic acids is 1. The molecule has 0 aromatic heterocycles. The third kappa shape index (κ3) is 5.45. The van der Waals surface area contributed by atoms with Gasteiger partial charge in [-0.25, -0.2) is 0 Å². The van der Waals surface area contributed by atoms with Crippen LogP contribution < -0.4 is 5.11 Å². The Kier molecular flexibility index (Phi) is 6.29. The van der Waals surface area contributed by atoms with Gasteiger partial charge in [0.15, 0.2) is 0 Å². The minimum Gasteiger partial charge on any atom is -0.550 e. The van der Waals surface area contributed by atoms with Crippen molar-refractivity contribution in [2.75, 3.05) is 0 Å². The molecule has 0 bridgehead atoms. The number of unbranched alkanes of at least 4 members (excludes halogenated alkanes) is 2. The standard InChI is InChI=1S/C11H20O2/c1-4-5-6-7-8-9(2)10(3)11(12)13/h7-10H,4-6H2,1-3H3,(H,12,13)/p-1/b8-7-. The first-order chi connectivity index (χ1) is 6.09. The maximum Gasteiger partial charge on any atom is 0.0448 e. The Labute approximate surface area is 80.7 Å². The number of carboxylic acid groups (broad SMARTS) is 1. The molecule has 2 atom stereocenters. The van der Waals surface area contributed by atoms with E-state index in [4.69, 9.17) is 0 Å². The molecule has 2 heteroatoms. The van der Waals surface area contributed by atoms with Crippen molar-refractivity contribution < 1.29 is 9.90 Å². The van der Waals surface area contributed by atoms with Crippen LogP contribution >= 0.6 is 0 Å². The molecule has 0 aliphatic carbocycles. The second-order valence-corrected chi connectivity index (χ2v) is 3.54. The molecule has 0 fully saturated rings. The second-order valence-electron chi connectivity index (χ2n) is 3.54. The normalized spacial score (nSPS) is 15.9. The Morgan fingerprint density at radius 3 is 2.54 bits per heavy atom. The molecule has 0 aliphatic rings. The van der Waals surface area contributed by atoms with Gasteiger partial charge in [-0.3, -0.25) is 0 Å². The Morgan fingerprint density at radius 2 is 2.08 bits per heavy atom. The number of hydrogen-bond acceptors (Lipinski definition) is 2. The highest BCUT2D eigenvalue weighted by atomic mass is 16.4. The molecular formula is C11H19O2-. The van der Waals surface area contributed by atoms with Crippen molar-refractivity contribution >= 4 is 5.97 Å². The molecule has 0 saturated carbocycles. The molecule has 0 aromatic carbocycles. The number of carbonyl (C=O) groups excluding carboxylic acids is 1. The molecule has 0 aromatic rings. The molecule has 0 N–H and O–H groups in total. The summed E-state index contributed by atoms with van der Waals surface area (Å²) in [6, 6.07) is 0. The number of carbonyl (C=O) groups is 1. The average Bonchev–Trinajstić information content (AvgIpc) is 2.10.